The van der Waals surface area contributed by atoms with E-state index >= 15 is 0 Å². The molecule has 1 aliphatic carbocycles. The molecule has 7 aromatic carbocycles. The van der Waals surface area contributed by atoms with Gasteiger partial charge in [0.05, 0.1) is 26.9 Å². The predicted molar refractivity (Wildman–Crippen MR) is 261 cm³/mol. The first-order valence-corrected chi connectivity index (χ1v) is 22.0. The Morgan fingerprint density at radius 3 is 2.19 bits per heavy atom. The molecule has 6 heteroatoms. The van der Waals surface area contributed by atoms with E-state index in [2.05, 4.69) is 55.3 Å². The molecule has 0 bridgehead atoms. The van der Waals surface area contributed by atoms with Crippen molar-refractivity contribution in [3.63, 3.8) is 0 Å². The molecule has 0 unspecified atom stereocenters. The lowest BCUT2D eigenvalue weighted by molar-refractivity contribution is 0.306. The van der Waals surface area contributed by atoms with E-state index in [4.69, 9.17) is 18.8 Å². The second-order valence-electron chi connectivity index (χ2n) is 17.7. The van der Waals surface area contributed by atoms with E-state index in [1.807, 2.05) is 97.2 Å². The average molecular weight is 843 g/mol. The molecule has 0 amide bonds. The van der Waals surface area contributed by atoms with E-state index in [1.54, 1.807) is 24.5 Å². The van der Waals surface area contributed by atoms with Crippen LogP contribution in [0.4, 0.5) is 0 Å². The van der Waals surface area contributed by atoms with Crippen molar-refractivity contribution in [3.05, 3.63) is 168 Å². The second kappa shape index (κ2) is 13.6. The van der Waals surface area contributed by atoms with Gasteiger partial charge in [0.15, 0.2) is 4.96 Å². The molecule has 2 aliphatic rings. The van der Waals surface area contributed by atoms with E-state index in [9.17, 15) is 6.85 Å². The van der Waals surface area contributed by atoms with Crippen LogP contribution < -0.4 is 4.74 Å². The van der Waals surface area contributed by atoms with Crippen molar-refractivity contribution in [1.82, 2.24) is 19.4 Å². The fourth-order valence-electron chi connectivity index (χ4n) is 10.1. The summed E-state index contributed by atoms with van der Waals surface area (Å²) in [5, 5.41) is 0. The fourth-order valence-corrected chi connectivity index (χ4v) is 11.2. The number of nitrogens with zero attached hydrogens (tertiary/aromatic N) is 4. The molecule has 0 spiro atoms. The van der Waals surface area contributed by atoms with Crippen LogP contribution >= 0.6 is 11.3 Å². The second-order valence-corrected chi connectivity index (χ2v) is 18.7. The maximum absolute atomic E-state index is 9.70. The number of hydrogen-bond donors (Lipinski definition) is 0. The molecule has 1 aliphatic heterocycles. The maximum atomic E-state index is 9.70. The predicted octanol–water partition coefficient (Wildman–Crippen LogP) is 15.3. The Morgan fingerprint density at radius 1 is 0.667 bits per heavy atom. The van der Waals surface area contributed by atoms with Gasteiger partial charge in [-0.2, -0.15) is 0 Å². The number of aromatic nitrogens is 4. The minimum absolute atomic E-state index is 0.0444. The molecule has 63 heavy (non-hydrogen) atoms. The zero-order valence-corrected chi connectivity index (χ0v) is 36.2. The van der Waals surface area contributed by atoms with Gasteiger partial charge >= 0.3 is 0 Å². The van der Waals surface area contributed by atoms with Crippen molar-refractivity contribution in [3.8, 4) is 78.4 Å². The van der Waals surface area contributed by atoms with Gasteiger partial charge in [-0.25, -0.2) is 15.0 Å². The highest BCUT2D eigenvalue weighted by Crippen LogP contribution is 2.58. The average Bonchev–Trinajstić information content (AvgIpc) is 3.86. The number of hydrogen-bond acceptors (Lipinski definition) is 5. The van der Waals surface area contributed by atoms with E-state index in [-0.39, 0.29) is 28.0 Å². The quantitative estimate of drug-likeness (QED) is 0.178. The largest absolute Gasteiger partial charge is 0.456 e. The van der Waals surface area contributed by atoms with Crippen molar-refractivity contribution in [2.75, 3.05) is 0 Å². The number of rotatable bonds is 3. The molecule has 4 heterocycles. The van der Waals surface area contributed by atoms with Crippen LogP contribution in [0.15, 0.2) is 140 Å². The van der Waals surface area contributed by atoms with Crippen LogP contribution in [0.2, 0.25) is 0 Å². The highest BCUT2D eigenvalue weighted by atomic mass is 32.1. The van der Waals surface area contributed by atoms with Crippen LogP contribution in [-0.4, -0.2) is 19.4 Å². The maximum Gasteiger partial charge on any atom is 0.195 e. The number of imidazole rings is 1. The summed E-state index contributed by atoms with van der Waals surface area (Å²) in [6.45, 7) is 4.62. The third kappa shape index (κ3) is 5.31. The van der Waals surface area contributed by atoms with Crippen molar-refractivity contribution in [1.29, 1.82) is 0 Å². The lowest BCUT2D eigenvalue weighted by atomic mass is 9.60. The summed E-state index contributed by atoms with van der Waals surface area (Å²) in [7, 11) is 0. The first-order chi connectivity index (χ1) is 33.6. The Labute approximate surface area is 383 Å². The van der Waals surface area contributed by atoms with Gasteiger partial charge in [0.2, 0.25) is 0 Å². The molecule has 3 aromatic heterocycles. The summed E-state index contributed by atoms with van der Waals surface area (Å²) < 4.78 is 83.5. The number of benzene rings is 7. The SMILES string of the molecule is [2H]C([2H])([2H])c1ccc2c(c1)Oc1c(cc(-c3c(C([2H])([2H])C)ccc4c3nc3sc5ccccc5n34)c(C([2H])([2H])[2H])c1-c1ccc3c(c1)-c1ccccc1-c1ncncc1-c1ccccc1-3)C(C)(C)C2(C)C. The van der Waals surface area contributed by atoms with E-state index in [0.29, 0.717) is 44.0 Å². The molecule has 0 atom stereocenters. The molecule has 0 N–H and O–H groups in total. The minimum atomic E-state index is -2.84. The van der Waals surface area contributed by atoms with Gasteiger partial charge < -0.3 is 4.74 Å². The number of para-hydroxylation sites is 1. The van der Waals surface area contributed by atoms with Crippen LogP contribution in [0, 0.1) is 13.7 Å². The number of fused-ring (bicyclic) bond motifs is 15. The highest BCUT2D eigenvalue weighted by Gasteiger charge is 2.46. The summed E-state index contributed by atoms with van der Waals surface area (Å²) in [6, 6.07) is 40.8. The van der Waals surface area contributed by atoms with Gasteiger partial charge in [-0.05, 0) is 112 Å². The summed E-state index contributed by atoms with van der Waals surface area (Å²) >= 11 is 1.52. The van der Waals surface area contributed by atoms with E-state index in [1.165, 1.54) is 18.3 Å². The molecule has 306 valence electrons. The van der Waals surface area contributed by atoms with Gasteiger partial charge in [0.25, 0.3) is 0 Å². The van der Waals surface area contributed by atoms with Gasteiger partial charge in [0, 0.05) is 61.4 Å². The summed E-state index contributed by atoms with van der Waals surface area (Å²) in [4.78, 5) is 15.3. The van der Waals surface area contributed by atoms with Crippen LogP contribution in [0.1, 0.15) is 73.4 Å². The molecule has 0 saturated heterocycles. The summed E-state index contributed by atoms with van der Waals surface area (Å²) in [5.41, 5.74) is 10.9. The Hall–Kier alpha value is -6.89. The van der Waals surface area contributed by atoms with Crippen molar-refractivity contribution >= 4 is 37.5 Å². The number of thiazole rings is 1. The summed E-state index contributed by atoms with van der Waals surface area (Å²) in [6.07, 6.45) is 1.45. The molecule has 0 radical (unpaired) electrons. The first kappa shape index (κ1) is 30.2. The third-order valence-corrected chi connectivity index (χ3v) is 15.0. The zero-order chi connectivity index (χ0) is 49.7. The van der Waals surface area contributed by atoms with Crippen LogP contribution in [0.3, 0.4) is 0 Å². The van der Waals surface area contributed by atoms with Crippen LogP contribution in [-0.2, 0) is 17.2 Å². The van der Waals surface area contributed by atoms with Crippen LogP contribution in [0.25, 0.3) is 93.1 Å². The number of aryl methyl sites for hydroxylation is 2. The molecular formula is C57H46N4OS. The standard InChI is InChI=1S/C57H46N4OS/c1-8-34-23-26-47-53(60-55-61(47)46-19-13-14-20-49(46)63-55)51(34)41-29-45-54(62-48-27-32(2)21-25-44(48)56(4,5)57(45,6)7)50(33(41)3)35-22-24-39-36-15-9-10-16-37(36)43-30-58-31-59-52(43)40-18-12-11-17-38(40)42(39)28-35/h9-31H,8H2,1-7H3/i2D3,3D3,8D2. The van der Waals surface area contributed by atoms with Gasteiger partial charge in [-0.1, -0.05) is 137 Å². The molecule has 0 saturated carbocycles. The van der Waals surface area contributed by atoms with Crippen molar-refractivity contribution in [2.45, 2.75) is 65.5 Å². The normalized spacial score (nSPS) is 16.9. The Balaban J connectivity index is 1.26. The van der Waals surface area contributed by atoms with Crippen molar-refractivity contribution in [2.24, 2.45) is 0 Å². The lowest BCUT2D eigenvalue weighted by Gasteiger charge is -2.42. The Bertz CT molecular complexity index is 3890. The lowest BCUT2D eigenvalue weighted by Crippen LogP contribution is -2.39. The zero-order valence-electron chi connectivity index (χ0n) is 43.4. The summed E-state index contributed by atoms with van der Waals surface area (Å²) in [5.74, 6) is 0.596. The monoisotopic (exact) mass is 842 g/mol. The third-order valence-electron chi connectivity index (χ3n) is 14.0. The molecule has 0 fully saturated rings. The van der Waals surface area contributed by atoms with Crippen molar-refractivity contribution < 1.29 is 15.7 Å². The van der Waals surface area contributed by atoms with E-state index in [0.717, 1.165) is 60.4 Å². The van der Waals surface area contributed by atoms with E-state index < -0.39 is 30.9 Å². The van der Waals surface area contributed by atoms with Crippen LogP contribution in [0.5, 0.6) is 11.5 Å². The molecule has 5 nitrogen and oxygen atoms in total. The first-order valence-electron chi connectivity index (χ1n) is 25.2. The highest BCUT2D eigenvalue weighted by molar-refractivity contribution is 7.23. The molecule has 10 aromatic rings. The Kier molecular flexibility index (Phi) is 6.50. The van der Waals surface area contributed by atoms with Gasteiger partial charge in [-0.15, -0.1) is 0 Å². The fraction of sp³-hybridized carbons (Fsp3) is 0.175. The van der Waals surface area contributed by atoms with Gasteiger partial charge in [0.1, 0.15) is 17.8 Å². The topological polar surface area (TPSA) is 52.3 Å². The Morgan fingerprint density at radius 2 is 1.40 bits per heavy atom. The molecular weight excluding hydrogens is 789 g/mol. The molecule has 12 rings (SSSR count). The van der Waals surface area contributed by atoms with Gasteiger partial charge in [-0.3, -0.25) is 4.40 Å². The number of ether oxygens (including phenoxy) is 1. The minimum Gasteiger partial charge on any atom is -0.456 e. The smallest absolute Gasteiger partial charge is 0.195 e.